The summed E-state index contributed by atoms with van der Waals surface area (Å²) in [5.41, 5.74) is 1.45. The molecule has 0 aliphatic carbocycles. The molecular weight excluding hydrogens is 276 g/mol. The van der Waals surface area contributed by atoms with E-state index in [2.05, 4.69) is 11.9 Å². The molecule has 1 aromatic heterocycles. The molecule has 0 aliphatic heterocycles. The van der Waals surface area contributed by atoms with Gasteiger partial charge in [-0.05, 0) is 31.0 Å². The summed E-state index contributed by atoms with van der Waals surface area (Å²) in [4.78, 5) is 4.09. The topological polar surface area (TPSA) is 72.2 Å². The number of hydrogen-bond acceptors (Lipinski definition) is 3. The molecule has 0 saturated carbocycles. The molecule has 0 aliphatic rings. The van der Waals surface area contributed by atoms with Gasteiger partial charge in [0.15, 0.2) is 0 Å². The number of nitrogens with zero attached hydrogens (tertiary/aromatic N) is 2. The minimum Gasteiger partial charge on any atom is -0.338 e. The number of aromatic nitrogens is 2. The van der Waals surface area contributed by atoms with E-state index in [4.69, 9.17) is 4.55 Å². The highest BCUT2D eigenvalue weighted by Gasteiger charge is 2.12. The quantitative estimate of drug-likeness (QED) is 0.864. The van der Waals surface area contributed by atoms with Crippen LogP contribution in [0.5, 0.6) is 0 Å². The van der Waals surface area contributed by atoms with Gasteiger partial charge >= 0.3 is 0 Å². The number of aryl methyl sites for hydroxylation is 3. The van der Waals surface area contributed by atoms with Crippen molar-refractivity contribution in [2.75, 3.05) is 0 Å². The fourth-order valence-corrected chi connectivity index (χ4v) is 2.54. The molecule has 1 heterocycles. The smallest absolute Gasteiger partial charge is 0.294 e. The summed E-state index contributed by atoms with van der Waals surface area (Å²) in [6.45, 7) is 5.56. The molecule has 0 unspecified atom stereocenters. The SMILES string of the molecule is CCc1nccn1C.Cc1cccc(S(=O)(=O)O)c1C. The van der Waals surface area contributed by atoms with Crippen molar-refractivity contribution in [1.82, 2.24) is 9.55 Å². The Morgan fingerprint density at radius 3 is 2.30 bits per heavy atom. The van der Waals surface area contributed by atoms with Crippen LogP contribution in [0.3, 0.4) is 0 Å². The van der Waals surface area contributed by atoms with Crippen molar-refractivity contribution in [1.29, 1.82) is 0 Å². The minimum atomic E-state index is -4.06. The Morgan fingerprint density at radius 1 is 1.30 bits per heavy atom. The van der Waals surface area contributed by atoms with Crippen LogP contribution in [0.25, 0.3) is 0 Å². The fraction of sp³-hybridized carbons (Fsp3) is 0.357. The molecule has 1 N–H and O–H groups in total. The summed E-state index contributed by atoms with van der Waals surface area (Å²) in [6, 6.07) is 4.78. The van der Waals surface area contributed by atoms with E-state index in [9.17, 15) is 8.42 Å². The first kappa shape index (κ1) is 16.4. The number of rotatable bonds is 2. The lowest BCUT2D eigenvalue weighted by Gasteiger charge is -2.03. The lowest BCUT2D eigenvalue weighted by atomic mass is 10.1. The van der Waals surface area contributed by atoms with Gasteiger partial charge in [-0.2, -0.15) is 8.42 Å². The van der Waals surface area contributed by atoms with Crippen LogP contribution in [0.4, 0.5) is 0 Å². The zero-order valence-electron chi connectivity index (χ0n) is 12.2. The van der Waals surface area contributed by atoms with E-state index in [0.717, 1.165) is 17.8 Å². The highest BCUT2D eigenvalue weighted by Crippen LogP contribution is 2.17. The van der Waals surface area contributed by atoms with Crippen molar-refractivity contribution in [3.05, 3.63) is 47.5 Å². The van der Waals surface area contributed by atoms with Crippen LogP contribution >= 0.6 is 0 Å². The van der Waals surface area contributed by atoms with E-state index in [0.29, 0.717) is 5.56 Å². The van der Waals surface area contributed by atoms with Gasteiger partial charge in [0.25, 0.3) is 10.1 Å². The molecule has 0 amide bonds. The minimum absolute atomic E-state index is 0.0116. The summed E-state index contributed by atoms with van der Waals surface area (Å²) in [5.74, 6) is 1.14. The third-order valence-electron chi connectivity index (χ3n) is 3.07. The molecule has 2 aromatic rings. The number of benzene rings is 1. The fourth-order valence-electron chi connectivity index (χ4n) is 1.74. The van der Waals surface area contributed by atoms with E-state index < -0.39 is 10.1 Å². The van der Waals surface area contributed by atoms with Crippen molar-refractivity contribution in [2.45, 2.75) is 32.1 Å². The molecular formula is C14H20N2O3S. The number of hydrogen-bond donors (Lipinski definition) is 1. The van der Waals surface area contributed by atoms with Gasteiger partial charge in [0.2, 0.25) is 0 Å². The molecule has 0 fully saturated rings. The van der Waals surface area contributed by atoms with Gasteiger partial charge in [-0.3, -0.25) is 4.55 Å². The summed E-state index contributed by atoms with van der Waals surface area (Å²) >= 11 is 0. The average Bonchev–Trinajstić information content (AvgIpc) is 2.77. The molecule has 0 radical (unpaired) electrons. The molecule has 6 heteroatoms. The Balaban J connectivity index is 0.000000217. The van der Waals surface area contributed by atoms with Crippen LogP contribution in [0, 0.1) is 13.8 Å². The van der Waals surface area contributed by atoms with Crippen molar-refractivity contribution >= 4 is 10.1 Å². The first-order valence-electron chi connectivity index (χ1n) is 6.27. The van der Waals surface area contributed by atoms with Crippen LogP contribution in [0.1, 0.15) is 23.9 Å². The van der Waals surface area contributed by atoms with Gasteiger partial charge in [-0.1, -0.05) is 19.1 Å². The lowest BCUT2D eigenvalue weighted by molar-refractivity contribution is 0.482. The summed E-state index contributed by atoms with van der Waals surface area (Å²) in [7, 11) is -2.05. The Kier molecular flexibility index (Phi) is 5.47. The molecule has 1 aromatic carbocycles. The maximum Gasteiger partial charge on any atom is 0.294 e. The monoisotopic (exact) mass is 296 g/mol. The van der Waals surface area contributed by atoms with E-state index in [1.807, 2.05) is 24.0 Å². The van der Waals surface area contributed by atoms with Crippen LogP contribution in [-0.2, 0) is 23.6 Å². The van der Waals surface area contributed by atoms with Gasteiger partial charge in [0, 0.05) is 25.9 Å². The zero-order valence-corrected chi connectivity index (χ0v) is 13.0. The first-order valence-corrected chi connectivity index (χ1v) is 7.71. The van der Waals surface area contributed by atoms with Gasteiger partial charge < -0.3 is 4.57 Å². The maximum absolute atomic E-state index is 10.8. The first-order chi connectivity index (χ1) is 9.27. The third-order valence-corrected chi connectivity index (χ3v) is 4.07. The van der Waals surface area contributed by atoms with Gasteiger partial charge in [-0.25, -0.2) is 4.98 Å². The number of imidazole rings is 1. The van der Waals surface area contributed by atoms with Gasteiger partial charge in [-0.15, -0.1) is 0 Å². The predicted octanol–water partition coefficient (Wildman–Crippen LogP) is 2.53. The van der Waals surface area contributed by atoms with E-state index in [1.54, 1.807) is 26.0 Å². The third kappa shape index (κ3) is 4.18. The molecule has 0 saturated heterocycles. The molecule has 0 bridgehead atoms. The molecule has 0 spiro atoms. The Bertz CT molecular complexity index is 675. The summed E-state index contributed by atoms with van der Waals surface area (Å²) in [5, 5.41) is 0. The van der Waals surface area contributed by atoms with Crippen LogP contribution in [0.2, 0.25) is 0 Å². The summed E-state index contributed by atoms with van der Waals surface area (Å²) in [6.07, 6.45) is 4.79. The van der Waals surface area contributed by atoms with Crippen LogP contribution in [-0.4, -0.2) is 22.5 Å². The second-order valence-electron chi connectivity index (χ2n) is 4.48. The Labute approximate surface area is 120 Å². The van der Waals surface area contributed by atoms with Crippen LogP contribution in [0.15, 0.2) is 35.5 Å². The molecule has 0 atom stereocenters. The lowest BCUT2D eigenvalue weighted by Crippen LogP contribution is -2.01. The normalized spacial score (nSPS) is 10.8. The maximum atomic E-state index is 10.8. The highest BCUT2D eigenvalue weighted by atomic mass is 32.2. The van der Waals surface area contributed by atoms with Gasteiger partial charge in [0.05, 0.1) is 4.90 Å². The van der Waals surface area contributed by atoms with E-state index in [-0.39, 0.29) is 4.90 Å². The largest absolute Gasteiger partial charge is 0.338 e. The van der Waals surface area contributed by atoms with E-state index in [1.165, 1.54) is 6.07 Å². The zero-order chi connectivity index (χ0) is 15.3. The second-order valence-corrected chi connectivity index (χ2v) is 5.87. The average molecular weight is 296 g/mol. The van der Waals surface area contributed by atoms with Gasteiger partial charge in [0.1, 0.15) is 5.82 Å². The molecule has 5 nitrogen and oxygen atoms in total. The van der Waals surface area contributed by atoms with Crippen molar-refractivity contribution in [3.63, 3.8) is 0 Å². The molecule has 20 heavy (non-hydrogen) atoms. The standard InChI is InChI=1S/C8H10O3S.C6H10N2/c1-6-4-3-5-8(7(6)2)12(9,10)11;1-3-6-7-4-5-8(6)2/h3-5H,1-2H3,(H,9,10,11);4-5H,3H2,1-2H3. The van der Waals surface area contributed by atoms with E-state index >= 15 is 0 Å². The second kappa shape index (κ2) is 6.67. The molecule has 110 valence electrons. The Hall–Kier alpha value is -1.66. The molecule has 2 rings (SSSR count). The van der Waals surface area contributed by atoms with Crippen molar-refractivity contribution < 1.29 is 13.0 Å². The van der Waals surface area contributed by atoms with Crippen LogP contribution < -0.4 is 0 Å². The highest BCUT2D eigenvalue weighted by molar-refractivity contribution is 7.85. The van der Waals surface area contributed by atoms with Crippen molar-refractivity contribution in [3.8, 4) is 0 Å². The summed E-state index contributed by atoms with van der Waals surface area (Å²) < 4.78 is 32.3. The van der Waals surface area contributed by atoms with Crippen molar-refractivity contribution in [2.24, 2.45) is 7.05 Å². The Morgan fingerprint density at radius 2 is 1.95 bits per heavy atom. The predicted molar refractivity (Wildman–Crippen MR) is 78.3 cm³/mol.